The number of halogens is 1. The van der Waals surface area contributed by atoms with Gasteiger partial charge >= 0.3 is 11.9 Å². The molecule has 0 spiro atoms. The minimum absolute atomic E-state index is 0.124. The molecular formula is C27H35BrO6. The third-order valence-electron chi connectivity index (χ3n) is 6.06. The number of hydrogen-bond acceptors (Lipinski definition) is 6. The number of methoxy groups -OCH3 is 1. The summed E-state index contributed by atoms with van der Waals surface area (Å²) in [6, 6.07) is 1.86. The predicted octanol–water partition coefficient (Wildman–Crippen LogP) is 6.71. The van der Waals surface area contributed by atoms with E-state index in [9.17, 15) is 9.59 Å². The Morgan fingerprint density at radius 1 is 0.912 bits per heavy atom. The fourth-order valence-electron chi connectivity index (χ4n) is 4.05. The van der Waals surface area contributed by atoms with Crippen LogP contribution < -0.4 is 9.47 Å². The fourth-order valence-corrected chi connectivity index (χ4v) is 4.48. The Bertz CT molecular complexity index is 1070. The Hall–Kier alpha value is -2.38. The molecule has 6 nitrogen and oxygen atoms in total. The molecule has 0 saturated heterocycles. The molecule has 0 atom stereocenters. The molecule has 2 rings (SSSR count). The smallest absolute Gasteiger partial charge is 0.344 e. The largest absolute Gasteiger partial charge is 0.492 e. The average molecular weight is 535 g/mol. The van der Waals surface area contributed by atoms with Crippen molar-refractivity contribution >= 4 is 27.9 Å². The zero-order chi connectivity index (χ0) is 25.6. The first-order valence-corrected chi connectivity index (χ1v) is 12.3. The lowest BCUT2D eigenvalue weighted by Crippen LogP contribution is -2.18. The summed E-state index contributed by atoms with van der Waals surface area (Å²) in [6.07, 6.45) is 2.59. The lowest BCUT2D eigenvalue weighted by Gasteiger charge is -2.21. The van der Waals surface area contributed by atoms with Gasteiger partial charge < -0.3 is 18.9 Å². The first-order valence-electron chi connectivity index (χ1n) is 11.5. The molecule has 0 amide bonds. The van der Waals surface area contributed by atoms with Crippen LogP contribution in [-0.2, 0) is 15.9 Å². The molecular weight excluding hydrogens is 500 g/mol. The molecule has 0 aliphatic heterocycles. The summed E-state index contributed by atoms with van der Waals surface area (Å²) in [7, 11) is 1.46. The van der Waals surface area contributed by atoms with Crippen molar-refractivity contribution in [2.24, 2.45) is 0 Å². The van der Waals surface area contributed by atoms with E-state index in [1.165, 1.54) is 7.11 Å². The minimum Gasteiger partial charge on any atom is -0.492 e. The number of carbonyl (C=O) groups is 2. The highest BCUT2D eigenvalue weighted by molar-refractivity contribution is 9.10. The Balaban J connectivity index is 2.49. The summed E-state index contributed by atoms with van der Waals surface area (Å²) in [5, 5.41) is 0. The number of aryl methyl sites for hydroxylation is 1. The Labute approximate surface area is 211 Å². The molecule has 0 unspecified atom stereocenters. The molecule has 0 aliphatic carbocycles. The van der Waals surface area contributed by atoms with E-state index < -0.39 is 11.9 Å². The van der Waals surface area contributed by atoms with E-state index in [1.54, 1.807) is 0 Å². The number of hydrogen-bond donors (Lipinski definition) is 0. The van der Waals surface area contributed by atoms with Crippen LogP contribution in [0.4, 0.5) is 0 Å². The molecule has 0 bridgehead atoms. The molecule has 0 fully saturated rings. The molecule has 186 valence electrons. The summed E-state index contributed by atoms with van der Waals surface area (Å²) in [6.45, 7) is 13.9. The van der Waals surface area contributed by atoms with Crippen LogP contribution in [0.25, 0.3) is 0 Å². The van der Waals surface area contributed by atoms with Crippen LogP contribution in [0.2, 0.25) is 0 Å². The molecule has 0 aromatic heterocycles. The standard InChI is InChI=1S/C27H35BrO6/c1-9-11-12-32-21-13-15(3)22(19(7)24(21)28)27(30)34-25-17(5)16(4)23(18(6)20(25)10-2)26(29)33-14-31-8/h13H,9-12,14H2,1-8H3. The Morgan fingerprint density at radius 2 is 1.59 bits per heavy atom. The van der Waals surface area contributed by atoms with E-state index in [0.29, 0.717) is 35.5 Å². The second kappa shape index (κ2) is 12.4. The van der Waals surface area contributed by atoms with Crippen LogP contribution >= 0.6 is 15.9 Å². The fraction of sp³-hybridized carbons (Fsp3) is 0.481. The van der Waals surface area contributed by atoms with E-state index in [2.05, 4.69) is 22.9 Å². The SMILES string of the molecule is CCCCOc1cc(C)c(C(=O)Oc2c(C)c(C)c(C(=O)OCOC)c(C)c2CC)c(C)c1Br. The highest BCUT2D eigenvalue weighted by atomic mass is 79.9. The normalized spacial score (nSPS) is 10.9. The maximum atomic E-state index is 13.4. The number of carbonyl (C=O) groups excluding carboxylic acids is 2. The van der Waals surface area contributed by atoms with Crippen LogP contribution in [0, 0.1) is 34.6 Å². The van der Waals surface area contributed by atoms with E-state index in [1.807, 2.05) is 47.6 Å². The van der Waals surface area contributed by atoms with Gasteiger partial charge in [0.25, 0.3) is 0 Å². The molecule has 0 aliphatic rings. The molecule has 0 saturated carbocycles. The zero-order valence-corrected chi connectivity index (χ0v) is 23.0. The van der Waals surface area contributed by atoms with Crippen molar-refractivity contribution in [3.8, 4) is 11.5 Å². The second-order valence-corrected chi connectivity index (χ2v) is 9.14. The van der Waals surface area contributed by atoms with Crippen molar-refractivity contribution in [1.82, 2.24) is 0 Å². The van der Waals surface area contributed by atoms with Crippen molar-refractivity contribution in [1.29, 1.82) is 0 Å². The highest BCUT2D eigenvalue weighted by Gasteiger charge is 2.26. The number of esters is 2. The maximum absolute atomic E-state index is 13.4. The zero-order valence-electron chi connectivity index (χ0n) is 21.4. The third kappa shape index (κ3) is 5.81. The van der Waals surface area contributed by atoms with Crippen molar-refractivity contribution in [3.63, 3.8) is 0 Å². The second-order valence-electron chi connectivity index (χ2n) is 8.35. The van der Waals surface area contributed by atoms with Crippen LogP contribution in [0.5, 0.6) is 11.5 Å². The van der Waals surface area contributed by atoms with Crippen LogP contribution in [0.1, 0.15) is 80.8 Å². The molecule has 7 heteroatoms. The quantitative estimate of drug-likeness (QED) is 0.146. The van der Waals surface area contributed by atoms with E-state index >= 15 is 0 Å². The van der Waals surface area contributed by atoms with Gasteiger partial charge in [0.15, 0.2) is 6.79 Å². The molecule has 0 radical (unpaired) electrons. The summed E-state index contributed by atoms with van der Waals surface area (Å²) in [4.78, 5) is 26.0. The van der Waals surface area contributed by atoms with E-state index in [0.717, 1.165) is 50.9 Å². The van der Waals surface area contributed by atoms with Crippen molar-refractivity contribution in [3.05, 3.63) is 55.0 Å². The molecule has 0 N–H and O–H groups in total. The van der Waals surface area contributed by atoms with Gasteiger partial charge in [0.05, 0.1) is 22.2 Å². The third-order valence-corrected chi connectivity index (χ3v) is 7.05. The van der Waals surface area contributed by atoms with Crippen LogP contribution in [-0.4, -0.2) is 32.4 Å². The van der Waals surface area contributed by atoms with Crippen molar-refractivity contribution in [2.45, 2.75) is 67.7 Å². The van der Waals surface area contributed by atoms with Gasteiger partial charge in [-0.1, -0.05) is 20.3 Å². The van der Waals surface area contributed by atoms with Crippen LogP contribution in [0.15, 0.2) is 10.5 Å². The van der Waals surface area contributed by atoms with Gasteiger partial charge in [0, 0.05) is 7.11 Å². The lowest BCUT2D eigenvalue weighted by atomic mass is 9.91. The van der Waals surface area contributed by atoms with Gasteiger partial charge in [-0.15, -0.1) is 0 Å². The van der Waals surface area contributed by atoms with Gasteiger partial charge in [-0.3, -0.25) is 0 Å². The summed E-state index contributed by atoms with van der Waals surface area (Å²) in [5.41, 5.74) is 5.51. The summed E-state index contributed by atoms with van der Waals surface area (Å²) >= 11 is 3.59. The molecule has 0 heterocycles. The van der Waals surface area contributed by atoms with E-state index in [-0.39, 0.29) is 6.79 Å². The summed E-state index contributed by atoms with van der Waals surface area (Å²) in [5.74, 6) is 0.309. The number of rotatable bonds is 10. The number of unbranched alkanes of at least 4 members (excludes halogenated alkanes) is 1. The van der Waals surface area contributed by atoms with Gasteiger partial charge in [-0.25, -0.2) is 9.59 Å². The molecule has 2 aromatic carbocycles. The number of benzene rings is 2. The summed E-state index contributed by atoms with van der Waals surface area (Å²) < 4.78 is 22.7. The topological polar surface area (TPSA) is 71.1 Å². The van der Waals surface area contributed by atoms with Gasteiger partial charge in [-0.2, -0.15) is 0 Å². The first-order chi connectivity index (χ1) is 16.1. The highest BCUT2D eigenvalue weighted by Crippen LogP contribution is 2.37. The van der Waals surface area contributed by atoms with E-state index in [4.69, 9.17) is 18.9 Å². The first kappa shape index (κ1) is 27.9. The molecule has 2 aromatic rings. The van der Waals surface area contributed by atoms with Gasteiger partial charge in [0.1, 0.15) is 11.5 Å². The maximum Gasteiger partial charge on any atom is 0.344 e. The van der Waals surface area contributed by atoms with Crippen LogP contribution in [0.3, 0.4) is 0 Å². The Morgan fingerprint density at radius 3 is 2.18 bits per heavy atom. The Kier molecular flexibility index (Phi) is 10.1. The van der Waals surface area contributed by atoms with Gasteiger partial charge in [-0.05, 0) is 103 Å². The minimum atomic E-state index is -0.457. The van der Waals surface area contributed by atoms with Crippen molar-refractivity contribution < 1.29 is 28.5 Å². The monoisotopic (exact) mass is 534 g/mol. The molecule has 34 heavy (non-hydrogen) atoms. The predicted molar refractivity (Wildman–Crippen MR) is 136 cm³/mol. The number of ether oxygens (including phenoxy) is 4. The average Bonchev–Trinajstić information content (AvgIpc) is 2.79. The van der Waals surface area contributed by atoms with Gasteiger partial charge in [0.2, 0.25) is 0 Å². The lowest BCUT2D eigenvalue weighted by molar-refractivity contribution is -0.0126. The van der Waals surface area contributed by atoms with Crippen molar-refractivity contribution in [2.75, 3.05) is 20.5 Å².